The number of rotatable bonds is 7. The third-order valence-corrected chi connectivity index (χ3v) is 3.65. The van der Waals surface area contributed by atoms with Crippen molar-refractivity contribution in [1.29, 1.82) is 0 Å². The predicted octanol–water partition coefficient (Wildman–Crippen LogP) is 1.30. The normalized spacial score (nSPS) is 10.8. The van der Waals surface area contributed by atoms with Gasteiger partial charge >= 0.3 is 5.69 Å². The maximum absolute atomic E-state index is 12.4. The lowest BCUT2D eigenvalue weighted by atomic mass is 10.2. The monoisotopic (exact) mass is 305 g/mol. The highest BCUT2D eigenvalue weighted by Crippen LogP contribution is 2.05. The van der Waals surface area contributed by atoms with E-state index in [4.69, 9.17) is 5.53 Å². The van der Waals surface area contributed by atoms with Crippen LogP contribution in [0.1, 0.15) is 25.7 Å². The van der Waals surface area contributed by atoms with Crippen molar-refractivity contribution in [1.82, 2.24) is 18.7 Å². The molecule has 0 radical (unpaired) electrons. The number of aromatic nitrogens is 4. The molecule has 2 aromatic heterocycles. The first-order valence-electron chi connectivity index (χ1n) is 7.19. The molecular formula is C13H19N7O2. The van der Waals surface area contributed by atoms with Gasteiger partial charge in [0.2, 0.25) is 0 Å². The van der Waals surface area contributed by atoms with E-state index in [2.05, 4.69) is 15.0 Å². The van der Waals surface area contributed by atoms with Gasteiger partial charge in [-0.2, -0.15) is 0 Å². The van der Waals surface area contributed by atoms with Crippen LogP contribution in [0.15, 0.2) is 21.0 Å². The molecule has 22 heavy (non-hydrogen) atoms. The Kier molecular flexibility index (Phi) is 5.00. The van der Waals surface area contributed by atoms with Crippen molar-refractivity contribution < 1.29 is 0 Å². The quantitative estimate of drug-likeness (QED) is 0.332. The minimum atomic E-state index is -0.342. The summed E-state index contributed by atoms with van der Waals surface area (Å²) in [5.41, 5.74) is 8.37. The Hall–Kier alpha value is -2.54. The van der Waals surface area contributed by atoms with E-state index in [1.165, 1.54) is 15.5 Å². The van der Waals surface area contributed by atoms with Crippen molar-refractivity contribution in [3.05, 3.63) is 37.6 Å². The molecule has 9 heteroatoms. The summed E-state index contributed by atoms with van der Waals surface area (Å²) in [7, 11) is 3.36. The van der Waals surface area contributed by atoms with Crippen LogP contribution in [0, 0.1) is 0 Å². The van der Waals surface area contributed by atoms with E-state index >= 15 is 0 Å². The lowest BCUT2D eigenvalue weighted by Gasteiger charge is -2.08. The van der Waals surface area contributed by atoms with Gasteiger partial charge in [0.25, 0.3) is 5.56 Å². The highest BCUT2D eigenvalue weighted by Gasteiger charge is 2.14. The zero-order valence-corrected chi connectivity index (χ0v) is 12.8. The second-order valence-electron chi connectivity index (χ2n) is 5.19. The lowest BCUT2D eigenvalue weighted by molar-refractivity contribution is 0.535. The van der Waals surface area contributed by atoms with E-state index in [-0.39, 0.29) is 11.2 Å². The van der Waals surface area contributed by atoms with Crippen LogP contribution in [-0.4, -0.2) is 25.2 Å². The summed E-state index contributed by atoms with van der Waals surface area (Å²) < 4.78 is 4.29. The fourth-order valence-corrected chi connectivity index (χ4v) is 2.44. The predicted molar refractivity (Wildman–Crippen MR) is 82.7 cm³/mol. The van der Waals surface area contributed by atoms with Crippen molar-refractivity contribution in [2.24, 2.45) is 19.2 Å². The highest BCUT2D eigenvalue weighted by atomic mass is 16.2. The van der Waals surface area contributed by atoms with Crippen LogP contribution in [0.2, 0.25) is 0 Å². The Labute approximate surface area is 126 Å². The number of hydrogen-bond acceptors (Lipinski definition) is 4. The van der Waals surface area contributed by atoms with Gasteiger partial charge in [-0.25, -0.2) is 9.78 Å². The SMILES string of the molecule is Cn1cnc2c1c(=O)n(CCCCCCN=[N+]=[N-])c(=O)n2C. The summed E-state index contributed by atoms with van der Waals surface area (Å²) >= 11 is 0. The highest BCUT2D eigenvalue weighted by molar-refractivity contribution is 5.69. The van der Waals surface area contributed by atoms with Gasteiger partial charge in [-0.15, -0.1) is 0 Å². The maximum atomic E-state index is 12.4. The number of nitrogens with zero attached hydrogens (tertiary/aromatic N) is 7. The van der Waals surface area contributed by atoms with Gasteiger partial charge in [-0.3, -0.25) is 13.9 Å². The molecule has 0 aromatic carbocycles. The van der Waals surface area contributed by atoms with Crippen LogP contribution < -0.4 is 11.2 Å². The second kappa shape index (κ2) is 6.95. The second-order valence-corrected chi connectivity index (χ2v) is 5.19. The fourth-order valence-electron chi connectivity index (χ4n) is 2.44. The number of azide groups is 1. The standard InChI is InChI=1S/C13H19N7O2/c1-18-9-15-11-10(18)12(21)20(13(22)19(11)2)8-6-4-3-5-7-16-17-14/h9H,3-8H2,1-2H3. The van der Waals surface area contributed by atoms with Crippen LogP contribution in [0.5, 0.6) is 0 Å². The molecule has 0 N–H and O–H groups in total. The van der Waals surface area contributed by atoms with Crippen molar-refractivity contribution in [3.8, 4) is 0 Å². The summed E-state index contributed by atoms with van der Waals surface area (Å²) in [6.45, 7) is 0.868. The Morgan fingerprint density at radius 1 is 1.23 bits per heavy atom. The van der Waals surface area contributed by atoms with Crippen molar-refractivity contribution >= 4 is 11.2 Å². The summed E-state index contributed by atoms with van der Waals surface area (Å²) in [5.74, 6) is 0. The van der Waals surface area contributed by atoms with Crippen molar-refractivity contribution in [3.63, 3.8) is 0 Å². The van der Waals surface area contributed by atoms with Crippen molar-refractivity contribution in [2.75, 3.05) is 6.54 Å². The molecule has 9 nitrogen and oxygen atoms in total. The molecule has 0 aliphatic carbocycles. The molecular weight excluding hydrogens is 286 g/mol. The molecule has 0 aliphatic rings. The smallest absolute Gasteiger partial charge is 0.328 e. The fraction of sp³-hybridized carbons (Fsp3) is 0.615. The first-order chi connectivity index (χ1) is 10.6. The first-order valence-corrected chi connectivity index (χ1v) is 7.19. The van der Waals surface area contributed by atoms with E-state index < -0.39 is 0 Å². The Bertz CT molecular complexity index is 823. The maximum Gasteiger partial charge on any atom is 0.332 e. The third-order valence-electron chi connectivity index (χ3n) is 3.65. The van der Waals surface area contributed by atoms with E-state index in [1.807, 2.05) is 0 Å². The zero-order chi connectivity index (χ0) is 16.1. The minimum Gasteiger partial charge on any atom is -0.328 e. The Balaban J connectivity index is 2.11. The molecule has 2 aromatic rings. The van der Waals surface area contributed by atoms with Crippen molar-refractivity contribution in [2.45, 2.75) is 32.2 Å². The molecule has 0 amide bonds. The van der Waals surface area contributed by atoms with Gasteiger partial charge in [0.1, 0.15) is 0 Å². The van der Waals surface area contributed by atoms with E-state index in [1.54, 1.807) is 18.7 Å². The molecule has 0 fully saturated rings. The molecule has 0 atom stereocenters. The number of hydrogen-bond donors (Lipinski definition) is 0. The third kappa shape index (κ3) is 3.04. The number of unbranched alkanes of at least 4 members (excludes halogenated alkanes) is 3. The van der Waals surface area contributed by atoms with Gasteiger partial charge in [-0.1, -0.05) is 18.0 Å². The van der Waals surface area contributed by atoms with Gasteiger partial charge in [-0.05, 0) is 18.4 Å². The molecule has 0 spiro atoms. The molecule has 2 heterocycles. The van der Waals surface area contributed by atoms with Crippen LogP contribution in [0.4, 0.5) is 0 Å². The number of aryl methyl sites for hydroxylation is 2. The largest absolute Gasteiger partial charge is 0.332 e. The van der Waals surface area contributed by atoms with E-state index in [0.29, 0.717) is 24.3 Å². The zero-order valence-electron chi connectivity index (χ0n) is 12.8. The summed E-state index contributed by atoms with van der Waals surface area (Å²) in [5, 5.41) is 3.47. The molecule has 0 unspecified atom stereocenters. The average Bonchev–Trinajstić information content (AvgIpc) is 2.89. The molecule has 0 saturated heterocycles. The number of imidazole rings is 1. The molecule has 0 saturated carbocycles. The number of fused-ring (bicyclic) bond motifs is 1. The van der Waals surface area contributed by atoms with Crippen LogP contribution in [0.3, 0.4) is 0 Å². The Morgan fingerprint density at radius 2 is 1.95 bits per heavy atom. The van der Waals surface area contributed by atoms with Gasteiger partial charge in [0.15, 0.2) is 11.2 Å². The van der Waals surface area contributed by atoms with Gasteiger partial charge in [0.05, 0.1) is 6.33 Å². The summed E-state index contributed by atoms with van der Waals surface area (Å²) in [4.78, 5) is 31.4. The van der Waals surface area contributed by atoms with E-state index in [0.717, 1.165) is 25.7 Å². The molecule has 0 bridgehead atoms. The summed E-state index contributed by atoms with van der Waals surface area (Å²) in [6.07, 6.45) is 4.86. The van der Waals surface area contributed by atoms with Crippen LogP contribution in [0.25, 0.3) is 21.6 Å². The Morgan fingerprint density at radius 3 is 2.68 bits per heavy atom. The minimum absolute atomic E-state index is 0.299. The van der Waals surface area contributed by atoms with Gasteiger partial charge in [0, 0.05) is 32.1 Å². The van der Waals surface area contributed by atoms with E-state index in [9.17, 15) is 9.59 Å². The van der Waals surface area contributed by atoms with Crippen LogP contribution >= 0.6 is 0 Å². The lowest BCUT2D eigenvalue weighted by Crippen LogP contribution is -2.39. The first kappa shape index (κ1) is 15.8. The van der Waals surface area contributed by atoms with Gasteiger partial charge < -0.3 is 4.57 Å². The summed E-state index contributed by atoms with van der Waals surface area (Å²) in [6, 6.07) is 0. The topological polar surface area (TPSA) is 111 Å². The molecule has 0 aliphatic heterocycles. The average molecular weight is 305 g/mol. The molecule has 118 valence electrons. The molecule has 2 rings (SSSR count). The van der Waals surface area contributed by atoms with Crippen LogP contribution in [-0.2, 0) is 20.6 Å².